The van der Waals surface area contributed by atoms with Gasteiger partial charge in [0, 0.05) is 17.9 Å². The molecule has 0 bridgehead atoms. The van der Waals surface area contributed by atoms with Gasteiger partial charge in [0.15, 0.2) is 5.82 Å². The summed E-state index contributed by atoms with van der Waals surface area (Å²) in [5.41, 5.74) is 3.25. The molecule has 3 aromatic rings. The molecule has 3 rings (SSSR count). The summed E-state index contributed by atoms with van der Waals surface area (Å²) in [4.78, 5) is 10.3. The second kappa shape index (κ2) is 8.95. The number of nitro benzene ring substituents is 1. The molecule has 29 heavy (non-hydrogen) atoms. The van der Waals surface area contributed by atoms with E-state index >= 15 is 0 Å². The molecule has 0 aliphatic rings. The second-order valence-corrected chi connectivity index (χ2v) is 7.91. The number of benzene rings is 2. The number of thioether (sulfide) groups is 1. The molecule has 2 aromatic carbocycles. The summed E-state index contributed by atoms with van der Waals surface area (Å²) in [6.07, 6.45) is 0. The van der Waals surface area contributed by atoms with E-state index in [2.05, 4.69) is 36.2 Å². The van der Waals surface area contributed by atoms with Gasteiger partial charge in [-0.25, -0.2) is 4.68 Å². The molecular weight excluding hydrogens is 390 g/mol. The number of nitrogens with zero attached hydrogens (tertiary/aromatic N) is 4. The van der Waals surface area contributed by atoms with Gasteiger partial charge in [0.2, 0.25) is 5.16 Å². The number of hydrogen-bond donors (Lipinski definition) is 1. The Hall–Kier alpha value is -3.07. The zero-order valence-electron chi connectivity index (χ0n) is 16.5. The Balaban J connectivity index is 1.64. The number of aryl methyl sites for hydroxylation is 1. The Labute approximate surface area is 173 Å². The lowest BCUT2D eigenvalue weighted by molar-refractivity contribution is -0.384. The fourth-order valence-corrected chi connectivity index (χ4v) is 3.58. The van der Waals surface area contributed by atoms with Crippen molar-refractivity contribution in [3.05, 3.63) is 75.1 Å². The number of nitrogen functional groups attached to an aromatic ring is 1. The fourth-order valence-electron chi connectivity index (χ4n) is 2.75. The highest BCUT2D eigenvalue weighted by Crippen LogP contribution is 2.28. The van der Waals surface area contributed by atoms with Crippen molar-refractivity contribution in [3.63, 3.8) is 0 Å². The Morgan fingerprint density at radius 1 is 1.21 bits per heavy atom. The Morgan fingerprint density at radius 2 is 1.93 bits per heavy atom. The number of aromatic nitrogens is 3. The number of nitrogens with two attached hydrogens (primary N) is 1. The van der Waals surface area contributed by atoms with Gasteiger partial charge in [-0.1, -0.05) is 49.9 Å². The smallest absolute Gasteiger partial charge is 0.269 e. The number of non-ortho nitro benzene ring substituents is 1. The topological polar surface area (TPSA) is 109 Å². The predicted octanol–water partition coefficient (Wildman–Crippen LogP) is 4.20. The first-order valence-electron chi connectivity index (χ1n) is 9.14. The summed E-state index contributed by atoms with van der Waals surface area (Å²) in [7, 11) is 0. The monoisotopic (exact) mass is 413 g/mol. The summed E-state index contributed by atoms with van der Waals surface area (Å²) in [5, 5.41) is 19.5. The zero-order valence-corrected chi connectivity index (χ0v) is 17.3. The van der Waals surface area contributed by atoms with E-state index in [1.165, 1.54) is 28.6 Å². The molecule has 8 nitrogen and oxygen atoms in total. The number of ether oxygens (including phenoxy) is 1. The van der Waals surface area contributed by atoms with Crippen molar-refractivity contribution in [3.8, 4) is 5.75 Å². The quantitative estimate of drug-likeness (QED) is 0.255. The summed E-state index contributed by atoms with van der Waals surface area (Å²) < 4.78 is 7.40. The zero-order chi connectivity index (χ0) is 21.0. The molecule has 1 aromatic heterocycles. The van der Waals surface area contributed by atoms with Gasteiger partial charge >= 0.3 is 0 Å². The highest BCUT2D eigenvalue weighted by Gasteiger charge is 2.14. The molecule has 152 valence electrons. The summed E-state index contributed by atoms with van der Waals surface area (Å²) >= 11 is 1.41. The maximum Gasteiger partial charge on any atom is 0.269 e. The Morgan fingerprint density at radius 3 is 2.59 bits per heavy atom. The van der Waals surface area contributed by atoms with E-state index in [4.69, 9.17) is 10.6 Å². The van der Waals surface area contributed by atoms with Crippen molar-refractivity contribution in [2.45, 2.75) is 44.2 Å². The van der Waals surface area contributed by atoms with Crippen LogP contribution in [-0.2, 0) is 12.4 Å². The Bertz CT molecular complexity index is 1000. The van der Waals surface area contributed by atoms with Crippen LogP contribution in [0.25, 0.3) is 0 Å². The van der Waals surface area contributed by atoms with Crippen LogP contribution in [0.5, 0.6) is 5.75 Å². The highest BCUT2D eigenvalue weighted by molar-refractivity contribution is 7.98. The minimum atomic E-state index is -0.418. The van der Waals surface area contributed by atoms with Crippen molar-refractivity contribution in [2.75, 3.05) is 5.84 Å². The third-order valence-corrected chi connectivity index (χ3v) is 5.41. The number of rotatable bonds is 8. The van der Waals surface area contributed by atoms with Crippen molar-refractivity contribution >= 4 is 17.4 Å². The molecular formula is C20H23N5O3S. The lowest BCUT2D eigenvalue weighted by atomic mass is 10.0. The number of hydrogen-bond acceptors (Lipinski definition) is 7. The third-order valence-electron chi connectivity index (χ3n) is 4.40. The molecule has 1 heterocycles. The molecule has 0 saturated heterocycles. The SMILES string of the molecule is Cc1ccc(C(C)C)c(OCc2nnc(SCc3ccc([N+](=O)[O-])cc3)n2N)c1. The van der Waals surface area contributed by atoms with Crippen molar-refractivity contribution in [2.24, 2.45) is 0 Å². The third kappa shape index (κ3) is 5.05. The van der Waals surface area contributed by atoms with Gasteiger partial charge in [0.1, 0.15) is 12.4 Å². The minimum absolute atomic E-state index is 0.0668. The standard InChI is InChI=1S/C20H23N5O3S/c1-13(2)17-9-4-14(3)10-18(17)28-11-19-22-23-20(24(19)21)29-12-15-5-7-16(8-6-15)25(26)27/h4-10,13H,11-12,21H2,1-3H3. The molecule has 0 fully saturated rings. The lowest BCUT2D eigenvalue weighted by Crippen LogP contribution is -2.16. The molecule has 0 saturated carbocycles. The first-order chi connectivity index (χ1) is 13.8. The van der Waals surface area contributed by atoms with Crippen LogP contribution in [0.4, 0.5) is 5.69 Å². The van der Waals surface area contributed by atoms with Gasteiger partial charge in [0.25, 0.3) is 5.69 Å². The largest absolute Gasteiger partial charge is 0.485 e. The molecule has 0 unspecified atom stereocenters. The van der Waals surface area contributed by atoms with Crippen LogP contribution in [0.15, 0.2) is 47.6 Å². The van der Waals surface area contributed by atoms with Crippen LogP contribution in [0, 0.1) is 17.0 Å². The van der Waals surface area contributed by atoms with Crippen LogP contribution in [0.2, 0.25) is 0 Å². The lowest BCUT2D eigenvalue weighted by Gasteiger charge is -2.14. The van der Waals surface area contributed by atoms with Gasteiger partial charge in [-0.3, -0.25) is 10.1 Å². The van der Waals surface area contributed by atoms with Gasteiger partial charge in [-0.15, -0.1) is 10.2 Å². The van der Waals surface area contributed by atoms with E-state index in [0.717, 1.165) is 22.4 Å². The highest BCUT2D eigenvalue weighted by atomic mass is 32.2. The maximum absolute atomic E-state index is 10.7. The van der Waals surface area contributed by atoms with E-state index in [9.17, 15) is 10.1 Å². The van der Waals surface area contributed by atoms with Gasteiger partial charge < -0.3 is 10.6 Å². The van der Waals surface area contributed by atoms with E-state index in [0.29, 0.717) is 22.7 Å². The van der Waals surface area contributed by atoms with Crippen LogP contribution >= 0.6 is 11.8 Å². The van der Waals surface area contributed by atoms with E-state index in [-0.39, 0.29) is 12.3 Å². The normalized spacial score (nSPS) is 11.0. The number of nitro groups is 1. The van der Waals surface area contributed by atoms with Crippen molar-refractivity contribution in [1.29, 1.82) is 0 Å². The van der Waals surface area contributed by atoms with Crippen LogP contribution in [0.3, 0.4) is 0 Å². The van der Waals surface area contributed by atoms with Crippen molar-refractivity contribution < 1.29 is 9.66 Å². The maximum atomic E-state index is 10.7. The summed E-state index contributed by atoms with van der Waals surface area (Å²) in [6, 6.07) is 12.6. The minimum Gasteiger partial charge on any atom is -0.485 e. The second-order valence-electron chi connectivity index (χ2n) is 6.97. The van der Waals surface area contributed by atoms with E-state index in [1.54, 1.807) is 12.1 Å². The molecule has 0 radical (unpaired) electrons. The first kappa shape index (κ1) is 20.7. The first-order valence-corrected chi connectivity index (χ1v) is 10.1. The van der Waals surface area contributed by atoms with Gasteiger partial charge in [-0.05, 0) is 35.6 Å². The Kier molecular flexibility index (Phi) is 6.38. The van der Waals surface area contributed by atoms with Gasteiger partial charge in [-0.2, -0.15) is 0 Å². The van der Waals surface area contributed by atoms with Crippen LogP contribution < -0.4 is 10.6 Å². The van der Waals surface area contributed by atoms with Crippen molar-refractivity contribution in [1.82, 2.24) is 14.9 Å². The van der Waals surface area contributed by atoms with Gasteiger partial charge in [0.05, 0.1) is 4.92 Å². The molecule has 2 N–H and O–H groups in total. The summed E-state index contributed by atoms with van der Waals surface area (Å²) in [5.74, 6) is 8.38. The molecule has 0 aliphatic heterocycles. The molecule has 0 aliphatic carbocycles. The molecule has 0 atom stereocenters. The molecule has 0 spiro atoms. The summed E-state index contributed by atoms with van der Waals surface area (Å²) in [6.45, 7) is 6.48. The van der Waals surface area contributed by atoms with E-state index < -0.39 is 4.92 Å². The molecule has 9 heteroatoms. The predicted molar refractivity (Wildman–Crippen MR) is 112 cm³/mol. The van der Waals surface area contributed by atoms with E-state index in [1.807, 2.05) is 13.0 Å². The van der Waals surface area contributed by atoms with Crippen LogP contribution in [0.1, 0.15) is 42.3 Å². The average Bonchev–Trinajstić information content (AvgIpc) is 3.04. The van der Waals surface area contributed by atoms with Crippen LogP contribution in [-0.4, -0.2) is 19.8 Å². The average molecular weight is 414 g/mol. The fraction of sp³-hybridized carbons (Fsp3) is 0.300. The molecule has 0 amide bonds.